The Morgan fingerprint density at radius 2 is 0.973 bits per heavy atom. The van der Waals surface area contributed by atoms with E-state index in [1.54, 1.807) is 68.4 Å². The fourth-order valence-corrected chi connectivity index (χ4v) is 10.1. The van der Waals surface area contributed by atoms with E-state index in [0.29, 0.717) is 34.0 Å². The average Bonchev–Trinajstić information content (AvgIpc) is 3.82. The molecule has 8 rings (SSSR count). The zero-order chi connectivity index (χ0) is 52.3. The van der Waals surface area contributed by atoms with Crippen LogP contribution in [-0.4, -0.2) is 49.4 Å². The molecule has 0 saturated carbocycles. The maximum absolute atomic E-state index is 13.5. The summed E-state index contributed by atoms with van der Waals surface area (Å²) in [4.78, 5) is -0.315. The van der Waals surface area contributed by atoms with Gasteiger partial charge in [-0.1, -0.05) is 62.4 Å². The third kappa shape index (κ3) is 13.6. The van der Waals surface area contributed by atoms with E-state index in [9.17, 15) is 35.1 Å². The Labute approximate surface area is 479 Å². The third-order valence-electron chi connectivity index (χ3n) is 11.0. The van der Waals surface area contributed by atoms with Crippen LogP contribution in [0.1, 0.15) is 36.4 Å². The summed E-state index contributed by atoms with van der Waals surface area (Å²) in [6.45, 7) is 7.15. The molecule has 0 fully saturated rings. The summed E-state index contributed by atoms with van der Waals surface area (Å²) in [5, 5.41) is 39.2. The van der Waals surface area contributed by atoms with Gasteiger partial charge in [0, 0.05) is 10.3 Å². The summed E-state index contributed by atoms with van der Waals surface area (Å²) >= 11 is 0.707. The standard InChI is InChI=1S/C47H42N10O12S4.2Na/c1-29-43(45(48)56(54-29)35-11-7-13-39(27-35)70-69-68-58)52-50-33-9-5-15-41(25-33)72(62,63)66-37-21-17-31(18-22-37)47(3,4)32-19-23-38(24-20-32)67-73(64,65)42-16-6-10-34(26-42)51-53-44-30(2)55-57(46(44)49)36-12-8-14-40(28-36)71(59,60)61;;/h5-28,58H,48-49H2,1-4H3,(H,59,60,61);;/q;2*+1/p-2. The van der Waals surface area contributed by atoms with Crippen molar-refractivity contribution in [1.82, 2.24) is 19.6 Å². The van der Waals surface area contributed by atoms with E-state index >= 15 is 0 Å². The average molecular weight is 1110 g/mol. The quantitative estimate of drug-likeness (QED) is 0.0237. The van der Waals surface area contributed by atoms with Crippen molar-refractivity contribution in [2.24, 2.45) is 20.5 Å². The predicted molar refractivity (Wildman–Crippen MR) is 263 cm³/mol. The number of rotatable bonds is 18. The summed E-state index contributed by atoms with van der Waals surface area (Å²) in [6, 6.07) is 36.1. The molecule has 0 saturated heterocycles. The Morgan fingerprint density at radius 1 is 0.560 bits per heavy atom. The molecule has 0 radical (unpaired) electrons. The van der Waals surface area contributed by atoms with Gasteiger partial charge in [0.2, 0.25) is 0 Å². The minimum Gasteiger partial charge on any atom is -0.744 e. The summed E-state index contributed by atoms with van der Waals surface area (Å²) < 4.78 is 106. The van der Waals surface area contributed by atoms with Crippen LogP contribution >= 0.6 is 12.0 Å². The summed E-state index contributed by atoms with van der Waals surface area (Å²) in [5.74, 6) is 0.226. The van der Waals surface area contributed by atoms with Crippen LogP contribution in [0.5, 0.6) is 11.5 Å². The van der Waals surface area contributed by atoms with E-state index in [0.717, 1.165) is 23.3 Å². The van der Waals surface area contributed by atoms with E-state index in [-0.39, 0.29) is 120 Å². The van der Waals surface area contributed by atoms with Crippen LogP contribution in [0.15, 0.2) is 186 Å². The molecule has 75 heavy (non-hydrogen) atoms. The maximum Gasteiger partial charge on any atom is 1.00 e. The fourth-order valence-electron chi connectivity index (χ4n) is 7.19. The molecule has 2 aromatic heterocycles. The molecule has 0 aliphatic rings. The summed E-state index contributed by atoms with van der Waals surface area (Å²) in [5.41, 5.74) is 15.8. The smallest absolute Gasteiger partial charge is 0.744 e. The Morgan fingerprint density at radius 3 is 1.41 bits per heavy atom. The van der Waals surface area contributed by atoms with Crippen molar-refractivity contribution >= 4 is 76.8 Å². The van der Waals surface area contributed by atoms with Crippen LogP contribution in [0.25, 0.3) is 11.4 Å². The van der Waals surface area contributed by atoms with Crippen molar-refractivity contribution in [3.8, 4) is 22.9 Å². The zero-order valence-electron chi connectivity index (χ0n) is 40.6. The molecule has 376 valence electrons. The van der Waals surface area contributed by atoms with E-state index in [4.69, 9.17) is 19.8 Å². The second-order valence-corrected chi connectivity index (χ2v) is 21.5. The van der Waals surface area contributed by atoms with Crippen LogP contribution in [0, 0.1) is 13.8 Å². The fraction of sp³-hybridized carbons (Fsp3) is 0.106. The zero-order valence-corrected chi connectivity index (χ0v) is 47.9. The number of aromatic nitrogens is 4. The first-order valence-electron chi connectivity index (χ1n) is 21.3. The van der Waals surface area contributed by atoms with Crippen molar-refractivity contribution in [1.29, 1.82) is 0 Å². The molecule has 28 heteroatoms. The normalized spacial score (nSPS) is 12.1. The van der Waals surface area contributed by atoms with Crippen LogP contribution in [0.3, 0.4) is 0 Å². The molecule has 0 amide bonds. The van der Waals surface area contributed by atoms with Gasteiger partial charge in [-0.3, -0.25) is 5.04 Å². The van der Waals surface area contributed by atoms with E-state index in [2.05, 4.69) is 40.0 Å². The SMILES string of the molecule is Cc1nn(-c2cccc(SOO[O-])c2)c(N)c1N=Nc1cccc(S(=O)(=O)Oc2ccc(C(C)(C)c3ccc(OS(=O)(=O)c4cccc(N=Nc5c(C)nn(-c6cccc(S(=O)(=O)[O-])c6)c5N)c4)cc3)cc2)c1.[Na+].[Na+]. The molecule has 6 aromatic carbocycles. The van der Waals surface area contributed by atoms with E-state index in [1.165, 1.54) is 88.2 Å². The molecule has 2 heterocycles. The van der Waals surface area contributed by atoms with Gasteiger partial charge in [0.15, 0.2) is 23.0 Å². The Balaban J connectivity index is 0.00000457. The van der Waals surface area contributed by atoms with Crippen LogP contribution in [-0.2, 0) is 45.1 Å². The van der Waals surface area contributed by atoms with Gasteiger partial charge in [-0.15, -0.1) is 10.2 Å². The third-order valence-corrected chi connectivity index (χ3v) is 14.9. The van der Waals surface area contributed by atoms with Gasteiger partial charge < -0.3 is 29.6 Å². The van der Waals surface area contributed by atoms with Gasteiger partial charge in [0.25, 0.3) is 0 Å². The number of aryl methyl sites for hydroxylation is 2. The first kappa shape index (κ1) is 58.4. The molecule has 4 N–H and O–H groups in total. The number of hydrogen-bond donors (Lipinski definition) is 2. The van der Waals surface area contributed by atoms with E-state index < -0.39 is 40.7 Å². The Hall–Kier alpha value is -5.82. The molecule has 0 atom stereocenters. The minimum absolute atomic E-state index is 0. The van der Waals surface area contributed by atoms with Crippen molar-refractivity contribution in [3.63, 3.8) is 0 Å². The van der Waals surface area contributed by atoms with Crippen molar-refractivity contribution in [3.05, 3.63) is 168 Å². The van der Waals surface area contributed by atoms with Gasteiger partial charge in [0.05, 0.1) is 51.1 Å². The molecule has 8 aromatic rings. The minimum atomic E-state index is -4.74. The maximum atomic E-state index is 13.5. The first-order chi connectivity index (χ1) is 34.6. The predicted octanol–water partition coefficient (Wildman–Crippen LogP) is 2.67. The Kier molecular flexibility index (Phi) is 18.7. The second kappa shape index (κ2) is 24.0. The van der Waals surface area contributed by atoms with Gasteiger partial charge in [0.1, 0.15) is 31.4 Å². The monoisotopic (exact) mass is 1110 g/mol. The summed E-state index contributed by atoms with van der Waals surface area (Å²) in [7, 11) is -13.4. The van der Waals surface area contributed by atoms with Crippen molar-refractivity contribution in [2.75, 3.05) is 11.5 Å². The van der Waals surface area contributed by atoms with Gasteiger partial charge in [-0.25, -0.2) is 17.8 Å². The molecule has 22 nitrogen and oxygen atoms in total. The van der Waals surface area contributed by atoms with Crippen molar-refractivity contribution < 1.29 is 112 Å². The molecule has 0 bridgehead atoms. The van der Waals surface area contributed by atoms with Crippen LogP contribution in [0.4, 0.5) is 34.4 Å². The number of anilines is 2. The van der Waals surface area contributed by atoms with Crippen molar-refractivity contribution in [2.45, 2.75) is 52.7 Å². The second-order valence-electron chi connectivity index (χ2n) is 16.3. The largest absolute Gasteiger partial charge is 1.00 e. The number of nitrogens with two attached hydrogens (primary N) is 2. The molecule has 0 aliphatic carbocycles. The van der Waals surface area contributed by atoms with Gasteiger partial charge >= 0.3 is 79.4 Å². The first-order valence-corrected chi connectivity index (χ1v) is 26.2. The van der Waals surface area contributed by atoms with Gasteiger partial charge in [-0.05, 0) is 122 Å². The number of azo groups is 2. The summed E-state index contributed by atoms with van der Waals surface area (Å²) in [6.07, 6.45) is 0. The number of hydrogen-bond acceptors (Lipinski definition) is 21. The molecule has 0 spiro atoms. The van der Waals surface area contributed by atoms with Gasteiger partial charge in [-0.2, -0.15) is 41.6 Å². The number of nitrogens with zero attached hydrogens (tertiary/aromatic N) is 8. The Bertz CT molecular complexity index is 3790. The molecular formula is C47H40N10Na2O12S4. The number of nitrogen functional groups attached to an aromatic ring is 2. The topological polar surface area (TPSA) is 323 Å². The molecular weight excluding hydrogens is 1070 g/mol. The van der Waals surface area contributed by atoms with Crippen LogP contribution < -0.4 is 84.2 Å². The number of benzene rings is 6. The van der Waals surface area contributed by atoms with E-state index in [1.807, 2.05) is 13.8 Å². The molecule has 0 unspecified atom stereocenters. The molecule has 0 aliphatic heterocycles. The van der Waals surface area contributed by atoms with Crippen LogP contribution in [0.2, 0.25) is 0 Å².